The standard InChI is InChI=1S/C21H19N3O7/c1-10-8-13-15(18(27)23(10)2)21(16(17(22)31-13)19(28)30-3)11-6-4-5-7-12(11)24(20(21)29)9-14(25)26/h4-8H,9,22H2,1-3H3,(H,25,26)/t21-/m0/s1. The van der Waals surface area contributed by atoms with E-state index in [0.29, 0.717) is 5.69 Å². The van der Waals surface area contributed by atoms with Crippen LogP contribution in [0.15, 0.2) is 46.6 Å². The van der Waals surface area contributed by atoms with E-state index >= 15 is 0 Å². The molecule has 31 heavy (non-hydrogen) atoms. The van der Waals surface area contributed by atoms with E-state index in [1.165, 1.54) is 17.7 Å². The van der Waals surface area contributed by atoms with Gasteiger partial charge < -0.3 is 24.9 Å². The van der Waals surface area contributed by atoms with Gasteiger partial charge in [0.05, 0.1) is 12.7 Å². The maximum atomic E-state index is 13.9. The number of carboxylic acids is 1. The summed E-state index contributed by atoms with van der Waals surface area (Å²) in [5.74, 6) is -3.41. The number of carbonyl (C=O) groups is 3. The summed E-state index contributed by atoms with van der Waals surface area (Å²) < 4.78 is 11.8. The lowest BCUT2D eigenvalue weighted by molar-refractivity contribution is -0.138. The van der Waals surface area contributed by atoms with E-state index in [2.05, 4.69) is 0 Å². The number of para-hydroxylation sites is 1. The van der Waals surface area contributed by atoms with Gasteiger partial charge in [0.2, 0.25) is 11.8 Å². The van der Waals surface area contributed by atoms with Gasteiger partial charge in [0.1, 0.15) is 23.3 Å². The molecule has 0 bridgehead atoms. The fourth-order valence-corrected chi connectivity index (χ4v) is 4.28. The molecule has 10 heteroatoms. The van der Waals surface area contributed by atoms with Crippen LogP contribution in [0.5, 0.6) is 5.75 Å². The van der Waals surface area contributed by atoms with Crippen LogP contribution in [-0.2, 0) is 31.6 Å². The van der Waals surface area contributed by atoms with Gasteiger partial charge in [-0.15, -0.1) is 0 Å². The quantitative estimate of drug-likeness (QED) is 0.662. The molecule has 0 saturated carbocycles. The van der Waals surface area contributed by atoms with Crippen molar-refractivity contribution in [3.63, 3.8) is 0 Å². The van der Waals surface area contributed by atoms with Crippen LogP contribution in [0, 0.1) is 6.92 Å². The lowest BCUT2D eigenvalue weighted by Crippen LogP contribution is -2.52. The molecule has 1 spiro atoms. The fraction of sp³-hybridized carbons (Fsp3) is 0.238. The van der Waals surface area contributed by atoms with Crippen LogP contribution in [0.25, 0.3) is 0 Å². The van der Waals surface area contributed by atoms with Crippen LogP contribution in [0.4, 0.5) is 5.69 Å². The molecule has 10 nitrogen and oxygen atoms in total. The molecule has 0 unspecified atom stereocenters. The first-order chi connectivity index (χ1) is 14.7. The van der Waals surface area contributed by atoms with Gasteiger partial charge in [-0.2, -0.15) is 0 Å². The highest BCUT2D eigenvalue weighted by atomic mass is 16.5. The Morgan fingerprint density at radius 1 is 1.26 bits per heavy atom. The van der Waals surface area contributed by atoms with Crippen molar-refractivity contribution in [3.05, 3.63) is 69.0 Å². The Labute approximate surface area is 176 Å². The predicted octanol–water partition coefficient (Wildman–Crippen LogP) is 0.147. The van der Waals surface area contributed by atoms with E-state index in [9.17, 15) is 24.3 Å². The van der Waals surface area contributed by atoms with Gasteiger partial charge in [0.25, 0.3) is 5.56 Å². The van der Waals surface area contributed by atoms with E-state index < -0.39 is 41.2 Å². The number of pyridine rings is 1. The molecule has 2 aromatic rings. The van der Waals surface area contributed by atoms with Crippen LogP contribution in [0.3, 0.4) is 0 Å². The Hall–Kier alpha value is -4.08. The highest BCUT2D eigenvalue weighted by molar-refractivity contribution is 6.19. The summed E-state index contributed by atoms with van der Waals surface area (Å²) in [6.07, 6.45) is 0. The number of amides is 1. The van der Waals surface area contributed by atoms with Gasteiger partial charge >= 0.3 is 11.9 Å². The molecule has 3 heterocycles. The number of benzene rings is 1. The van der Waals surface area contributed by atoms with Gasteiger partial charge in [-0.3, -0.25) is 19.3 Å². The molecule has 2 aliphatic heterocycles. The molecule has 2 aliphatic rings. The van der Waals surface area contributed by atoms with Crippen molar-refractivity contribution in [3.8, 4) is 5.75 Å². The molecule has 1 atom stereocenters. The van der Waals surface area contributed by atoms with Crippen LogP contribution < -0.4 is 20.9 Å². The van der Waals surface area contributed by atoms with Gasteiger partial charge in [-0.05, 0) is 13.0 Å². The summed E-state index contributed by atoms with van der Waals surface area (Å²) in [5, 5.41) is 9.39. The number of aryl methyl sites for hydroxylation is 1. The number of nitrogens with two attached hydrogens (primary N) is 1. The lowest BCUT2D eigenvalue weighted by Gasteiger charge is -2.35. The summed E-state index contributed by atoms with van der Waals surface area (Å²) in [5.41, 5.74) is 4.04. The number of fused-ring (bicyclic) bond motifs is 4. The molecular formula is C21H19N3O7. The number of carboxylic acid groups (broad SMARTS) is 1. The third kappa shape index (κ3) is 2.51. The number of aliphatic carboxylic acids is 1. The summed E-state index contributed by atoms with van der Waals surface area (Å²) >= 11 is 0. The fourth-order valence-electron chi connectivity index (χ4n) is 4.28. The minimum Gasteiger partial charge on any atom is -0.480 e. The number of rotatable bonds is 3. The van der Waals surface area contributed by atoms with E-state index in [-0.39, 0.29) is 28.1 Å². The number of ether oxygens (including phenoxy) is 2. The maximum Gasteiger partial charge on any atom is 0.340 e. The molecule has 3 N–H and O–H groups in total. The Bertz CT molecular complexity index is 1260. The van der Waals surface area contributed by atoms with Gasteiger partial charge in [-0.25, -0.2) is 4.79 Å². The lowest BCUT2D eigenvalue weighted by atomic mass is 9.68. The minimum atomic E-state index is -2.01. The number of hydrogen-bond acceptors (Lipinski definition) is 7. The zero-order valence-electron chi connectivity index (χ0n) is 17.0. The first-order valence-corrected chi connectivity index (χ1v) is 9.27. The number of anilines is 1. The third-order valence-electron chi connectivity index (χ3n) is 5.70. The highest BCUT2D eigenvalue weighted by Crippen LogP contribution is 2.54. The van der Waals surface area contributed by atoms with E-state index in [1.807, 2.05) is 0 Å². The Kier molecular flexibility index (Phi) is 4.38. The summed E-state index contributed by atoms with van der Waals surface area (Å²) in [7, 11) is 2.63. The predicted molar refractivity (Wildman–Crippen MR) is 107 cm³/mol. The van der Waals surface area contributed by atoms with E-state index in [1.54, 1.807) is 31.2 Å². The molecule has 1 amide bonds. The molecule has 1 aromatic carbocycles. The molecule has 0 saturated heterocycles. The second kappa shape index (κ2) is 6.73. The molecule has 0 fully saturated rings. The number of carbonyl (C=O) groups excluding carboxylic acids is 2. The van der Waals surface area contributed by atoms with Crippen molar-refractivity contribution < 1.29 is 29.0 Å². The van der Waals surface area contributed by atoms with Gasteiger partial charge in [-0.1, -0.05) is 18.2 Å². The molecule has 160 valence electrons. The largest absolute Gasteiger partial charge is 0.480 e. The average Bonchev–Trinajstić information content (AvgIpc) is 2.95. The normalized spacial score (nSPS) is 19.2. The highest BCUT2D eigenvalue weighted by Gasteiger charge is 2.62. The van der Waals surface area contributed by atoms with Crippen molar-refractivity contribution in [2.75, 3.05) is 18.6 Å². The third-order valence-corrected chi connectivity index (χ3v) is 5.70. The van der Waals surface area contributed by atoms with Crippen molar-refractivity contribution in [1.29, 1.82) is 0 Å². The Balaban J connectivity index is 2.21. The SMILES string of the molecule is COC(=O)C1=C(N)Oc2cc(C)n(C)c(=O)c2[C@]12C(=O)N(CC(=O)O)c1ccccc12. The van der Waals surface area contributed by atoms with Gasteiger partial charge in [0, 0.05) is 30.1 Å². The first kappa shape index (κ1) is 20.2. The second-order valence-electron chi connectivity index (χ2n) is 7.27. The number of aromatic nitrogens is 1. The number of esters is 1. The topological polar surface area (TPSA) is 141 Å². The number of hydrogen-bond donors (Lipinski definition) is 2. The van der Waals surface area contributed by atoms with Crippen LogP contribution in [0.1, 0.15) is 16.8 Å². The van der Waals surface area contributed by atoms with Crippen molar-refractivity contribution in [1.82, 2.24) is 4.57 Å². The van der Waals surface area contributed by atoms with Crippen LogP contribution >= 0.6 is 0 Å². The summed E-state index contributed by atoms with van der Waals surface area (Å²) in [6, 6.07) is 7.88. The smallest absolute Gasteiger partial charge is 0.340 e. The molecule has 4 rings (SSSR count). The van der Waals surface area contributed by atoms with Crippen molar-refractivity contribution >= 4 is 23.5 Å². The van der Waals surface area contributed by atoms with Crippen molar-refractivity contribution in [2.45, 2.75) is 12.3 Å². The van der Waals surface area contributed by atoms with Gasteiger partial charge in [0.15, 0.2) is 0 Å². The van der Waals surface area contributed by atoms with Crippen molar-refractivity contribution in [2.24, 2.45) is 12.8 Å². The Morgan fingerprint density at radius 3 is 2.58 bits per heavy atom. The monoisotopic (exact) mass is 425 g/mol. The zero-order valence-corrected chi connectivity index (χ0v) is 17.0. The number of methoxy groups -OCH3 is 1. The molecular weight excluding hydrogens is 406 g/mol. The summed E-state index contributed by atoms with van der Waals surface area (Å²) in [4.78, 5) is 52.7. The Morgan fingerprint density at radius 2 is 1.94 bits per heavy atom. The maximum absolute atomic E-state index is 13.9. The second-order valence-corrected chi connectivity index (χ2v) is 7.27. The number of nitrogens with zero attached hydrogens (tertiary/aromatic N) is 2. The first-order valence-electron chi connectivity index (χ1n) is 9.27. The van der Waals surface area contributed by atoms with E-state index in [4.69, 9.17) is 15.2 Å². The summed E-state index contributed by atoms with van der Waals surface area (Å²) in [6.45, 7) is 1.00. The van der Waals surface area contributed by atoms with E-state index in [0.717, 1.165) is 12.0 Å². The molecule has 1 aromatic heterocycles. The van der Waals surface area contributed by atoms with Crippen LogP contribution in [0.2, 0.25) is 0 Å². The minimum absolute atomic E-state index is 0.0195. The average molecular weight is 425 g/mol. The van der Waals surface area contributed by atoms with Crippen LogP contribution in [-0.4, -0.2) is 41.2 Å². The molecule has 0 aliphatic carbocycles. The zero-order chi connectivity index (χ0) is 22.7. The molecule has 0 radical (unpaired) electrons.